The van der Waals surface area contributed by atoms with Crippen molar-refractivity contribution in [1.29, 1.82) is 0 Å². The monoisotopic (exact) mass is 269 g/mol. The molecule has 1 aromatic heterocycles. The Bertz CT molecular complexity index is 425. The Balaban J connectivity index is 2.22. The van der Waals surface area contributed by atoms with Crippen LogP contribution < -0.4 is 0 Å². The fourth-order valence-electron chi connectivity index (χ4n) is 2.12. The van der Waals surface area contributed by atoms with Crippen molar-refractivity contribution in [1.82, 2.24) is 14.8 Å². The van der Waals surface area contributed by atoms with Gasteiger partial charge in [0.05, 0.1) is 5.75 Å². The van der Waals surface area contributed by atoms with Gasteiger partial charge in [-0.15, -0.1) is 10.2 Å². The van der Waals surface area contributed by atoms with Gasteiger partial charge in [0.25, 0.3) is 0 Å². The van der Waals surface area contributed by atoms with Gasteiger partial charge in [-0.05, 0) is 25.7 Å². The van der Waals surface area contributed by atoms with Crippen molar-refractivity contribution in [2.75, 3.05) is 5.75 Å². The molecule has 0 atom stereocenters. The molecule has 0 amide bonds. The molecule has 1 aliphatic carbocycles. The SMILES string of the molecule is CCC(CC)c1nnc(SCC(=O)O)n1C1CC1. The van der Waals surface area contributed by atoms with E-state index in [2.05, 4.69) is 28.6 Å². The first-order valence-corrected chi connectivity index (χ1v) is 7.45. The molecule has 1 saturated carbocycles. The molecule has 0 bridgehead atoms. The fourth-order valence-corrected chi connectivity index (χ4v) is 2.85. The van der Waals surface area contributed by atoms with Crippen LogP contribution in [0.25, 0.3) is 0 Å². The second kappa shape index (κ2) is 5.73. The third-order valence-corrected chi connectivity index (χ3v) is 4.21. The quantitative estimate of drug-likeness (QED) is 0.771. The number of carbonyl (C=O) groups is 1. The number of rotatable bonds is 7. The average Bonchev–Trinajstić information content (AvgIpc) is 3.10. The maximum absolute atomic E-state index is 10.6. The van der Waals surface area contributed by atoms with E-state index in [0.717, 1.165) is 36.7 Å². The molecule has 0 aromatic carbocycles. The molecule has 1 heterocycles. The molecule has 100 valence electrons. The van der Waals surface area contributed by atoms with Crippen LogP contribution in [0.15, 0.2) is 5.16 Å². The topological polar surface area (TPSA) is 68.0 Å². The molecule has 5 nitrogen and oxygen atoms in total. The van der Waals surface area contributed by atoms with Crippen LogP contribution in [-0.4, -0.2) is 31.6 Å². The molecule has 1 N–H and O–H groups in total. The summed E-state index contributed by atoms with van der Waals surface area (Å²) in [5, 5.41) is 18.0. The normalized spacial score (nSPS) is 15.3. The van der Waals surface area contributed by atoms with Crippen molar-refractivity contribution >= 4 is 17.7 Å². The van der Waals surface area contributed by atoms with Gasteiger partial charge in [0.15, 0.2) is 5.16 Å². The van der Waals surface area contributed by atoms with Crippen molar-refractivity contribution in [3.05, 3.63) is 5.82 Å². The number of aliphatic carboxylic acids is 1. The zero-order chi connectivity index (χ0) is 13.1. The maximum atomic E-state index is 10.6. The van der Waals surface area contributed by atoms with Crippen LogP contribution in [0.2, 0.25) is 0 Å². The lowest BCUT2D eigenvalue weighted by Crippen LogP contribution is -2.09. The molecular formula is C12H19N3O2S. The summed E-state index contributed by atoms with van der Waals surface area (Å²) in [6.45, 7) is 4.31. The molecule has 6 heteroatoms. The van der Waals surface area contributed by atoms with Crippen molar-refractivity contribution in [3.63, 3.8) is 0 Å². The predicted molar refractivity (Wildman–Crippen MR) is 70.0 cm³/mol. The number of hydrogen-bond donors (Lipinski definition) is 1. The minimum Gasteiger partial charge on any atom is -0.481 e. The Morgan fingerprint density at radius 2 is 2.11 bits per heavy atom. The lowest BCUT2D eigenvalue weighted by Gasteiger charge is -2.14. The largest absolute Gasteiger partial charge is 0.481 e. The Kier molecular flexibility index (Phi) is 4.27. The van der Waals surface area contributed by atoms with E-state index in [-0.39, 0.29) is 5.75 Å². The van der Waals surface area contributed by atoms with Crippen LogP contribution in [0.5, 0.6) is 0 Å². The highest BCUT2D eigenvalue weighted by molar-refractivity contribution is 7.99. The van der Waals surface area contributed by atoms with E-state index in [1.807, 2.05) is 0 Å². The van der Waals surface area contributed by atoms with Crippen molar-refractivity contribution in [3.8, 4) is 0 Å². The predicted octanol–water partition coefficient (Wildman–Crippen LogP) is 2.69. The Morgan fingerprint density at radius 1 is 1.44 bits per heavy atom. The molecular weight excluding hydrogens is 250 g/mol. The van der Waals surface area contributed by atoms with Gasteiger partial charge < -0.3 is 9.67 Å². The molecule has 1 aromatic rings. The molecule has 0 saturated heterocycles. The summed E-state index contributed by atoms with van der Waals surface area (Å²) in [6, 6.07) is 0.492. The second-order valence-corrected chi connectivity index (χ2v) is 5.58. The first kappa shape index (κ1) is 13.4. The van der Waals surface area contributed by atoms with Crippen LogP contribution in [0.1, 0.15) is 57.3 Å². The standard InChI is InChI=1S/C12H19N3O2S/c1-3-8(4-2)11-13-14-12(18-7-10(16)17)15(11)9-5-6-9/h8-9H,3-7H2,1-2H3,(H,16,17). The molecule has 0 aliphatic heterocycles. The van der Waals surface area contributed by atoms with E-state index in [0.29, 0.717) is 12.0 Å². The summed E-state index contributed by atoms with van der Waals surface area (Å²) in [4.78, 5) is 10.6. The number of carboxylic acids is 1. The zero-order valence-corrected chi connectivity index (χ0v) is 11.6. The minimum absolute atomic E-state index is 0.0494. The van der Waals surface area contributed by atoms with Crippen molar-refractivity contribution in [2.24, 2.45) is 0 Å². The van der Waals surface area contributed by atoms with Gasteiger partial charge in [0.2, 0.25) is 0 Å². The summed E-state index contributed by atoms with van der Waals surface area (Å²) in [5.41, 5.74) is 0. The number of thioether (sulfide) groups is 1. The summed E-state index contributed by atoms with van der Waals surface area (Å²) < 4.78 is 2.17. The van der Waals surface area contributed by atoms with E-state index in [1.54, 1.807) is 0 Å². The molecule has 18 heavy (non-hydrogen) atoms. The second-order valence-electron chi connectivity index (χ2n) is 4.64. The summed E-state index contributed by atoms with van der Waals surface area (Å²) in [7, 11) is 0. The van der Waals surface area contributed by atoms with Gasteiger partial charge in [-0.3, -0.25) is 4.79 Å². The van der Waals surface area contributed by atoms with E-state index in [4.69, 9.17) is 5.11 Å². The zero-order valence-electron chi connectivity index (χ0n) is 10.8. The van der Waals surface area contributed by atoms with Crippen LogP contribution in [0.3, 0.4) is 0 Å². The highest BCUT2D eigenvalue weighted by atomic mass is 32.2. The van der Waals surface area contributed by atoms with Gasteiger partial charge >= 0.3 is 5.97 Å². The van der Waals surface area contributed by atoms with Gasteiger partial charge in [-0.2, -0.15) is 0 Å². The number of nitrogens with zero attached hydrogens (tertiary/aromatic N) is 3. The highest BCUT2D eigenvalue weighted by Gasteiger charge is 2.31. The molecule has 2 rings (SSSR count). The van der Waals surface area contributed by atoms with Crippen LogP contribution in [-0.2, 0) is 4.79 Å². The average molecular weight is 269 g/mol. The fraction of sp³-hybridized carbons (Fsp3) is 0.750. The first-order chi connectivity index (χ1) is 8.67. The molecule has 1 aliphatic rings. The maximum Gasteiger partial charge on any atom is 0.313 e. The Morgan fingerprint density at radius 3 is 2.61 bits per heavy atom. The summed E-state index contributed by atoms with van der Waals surface area (Å²) >= 11 is 1.27. The van der Waals surface area contributed by atoms with Gasteiger partial charge in [0, 0.05) is 12.0 Å². The van der Waals surface area contributed by atoms with Crippen molar-refractivity contribution in [2.45, 2.75) is 56.6 Å². The first-order valence-electron chi connectivity index (χ1n) is 6.46. The van der Waals surface area contributed by atoms with Gasteiger partial charge in [0.1, 0.15) is 5.82 Å². The highest BCUT2D eigenvalue weighted by Crippen LogP contribution is 2.40. The molecule has 0 spiro atoms. The van der Waals surface area contributed by atoms with Gasteiger partial charge in [-0.25, -0.2) is 0 Å². The number of hydrogen-bond acceptors (Lipinski definition) is 4. The van der Waals surface area contributed by atoms with E-state index in [9.17, 15) is 4.79 Å². The third-order valence-electron chi connectivity index (χ3n) is 3.28. The van der Waals surface area contributed by atoms with Crippen molar-refractivity contribution < 1.29 is 9.90 Å². The molecule has 0 unspecified atom stereocenters. The Labute approximate surface area is 111 Å². The lowest BCUT2D eigenvalue weighted by atomic mass is 10.0. The van der Waals surface area contributed by atoms with Crippen LogP contribution in [0, 0.1) is 0 Å². The smallest absolute Gasteiger partial charge is 0.313 e. The molecule has 0 radical (unpaired) electrons. The van der Waals surface area contributed by atoms with Gasteiger partial charge in [-0.1, -0.05) is 25.6 Å². The Hall–Kier alpha value is -1.04. The number of carboxylic acid groups (broad SMARTS) is 1. The van der Waals surface area contributed by atoms with E-state index in [1.165, 1.54) is 11.8 Å². The van der Waals surface area contributed by atoms with Crippen LogP contribution in [0.4, 0.5) is 0 Å². The summed E-state index contributed by atoms with van der Waals surface area (Å²) in [5.74, 6) is 0.704. The van der Waals surface area contributed by atoms with Crippen LogP contribution >= 0.6 is 11.8 Å². The number of aromatic nitrogens is 3. The molecule has 1 fully saturated rings. The lowest BCUT2D eigenvalue weighted by molar-refractivity contribution is -0.133. The van der Waals surface area contributed by atoms with E-state index >= 15 is 0 Å². The third kappa shape index (κ3) is 2.85. The minimum atomic E-state index is -0.811. The van der Waals surface area contributed by atoms with E-state index < -0.39 is 5.97 Å². The summed E-state index contributed by atoms with van der Waals surface area (Å²) in [6.07, 6.45) is 4.41.